The van der Waals surface area contributed by atoms with E-state index in [4.69, 9.17) is 9.73 Å². The fourth-order valence-electron chi connectivity index (χ4n) is 3.84. The first-order chi connectivity index (χ1) is 16.5. The van der Waals surface area contributed by atoms with Crippen LogP contribution in [-0.2, 0) is 11.2 Å². The number of aromatic amines is 1. The number of H-pyrrole nitrogens is 1. The van der Waals surface area contributed by atoms with Crippen molar-refractivity contribution in [2.45, 2.75) is 13.3 Å². The molecule has 174 valence electrons. The van der Waals surface area contributed by atoms with Crippen LogP contribution in [0, 0.1) is 0 Å². The Hall–Kier alpha value is -3.90. The highest BCUT2D eigenvalue weighted by molar-refractivity contribution is 6.22. The number of nitrogens with zero attached hydrogens (tertiary/aromatic N) is 2. The number of benzene rings is 3. The number of aromatic nitrogens is 1. The van der Waals surface area contributed by atoms with E-state index in [9.17, 15) is 9.90 Å². The molecule has 0 aliphatic rings. The van der Waals surface area contributed by atoms with Gasteiger partial charge in [-0.25, -0.2) is 9.79 Å². The standard InChI is InChI=1S/C28H29N3O3/c1-4-34-28(33)21-12-15-23-24(18-21)30-27(32)25(23)26(20-8-6-5-7-9-20)29-22-13-10-19(11-14-22)16-17-31(2)3/h5-15,18,30,32H,4,16-17H2,1-3H3. The van der Waals surface area contributed by atoms with Gasteiger partial charge in [0, 0.05) is 23.0 Å². The predicted molar refractivity (Wildman–Crippen MR) is 136 cm³/mol. The topological polar surface area (TPSA) is 77.9 Å². The van der Waals surface area contributed by atoms with E-state index in [0.717, 1.165) is 29.6 Å². The highest BCUT2D eigenvalue weighted by Gasteiger charge is 2.20. The number of hydrogen-bond acceptors (Lipinski definition) is 5. The maximum Gasteiger partial charge on any atom is 0.338 e. The van der Waals surface area contributed by atoms with E-state index in [1.54, 1.807) is 19.1 Å². The molecule has 0 saturated heterocycles. The second-order valence-electron chi connectivity index (χ2n) is 8.38. The molecule has 0 bridgehead atoms. The maximum absolute atomic E-state index is 12.2. The van der Waals surface area contributed by atoms with Crippen LogP contribution >= 0.6 is 0 Å². The van der Waals surface area contributed by atoms with Crippen molar-refractivity contribution in [3.8, 4) is 5.88 Å². The molecule has 1 aromatic heterocycles. The molecule has 0 radical (unpaired) electrons. The number of esters is 1. The van der Waals surface area contributed by atoms with Gasteiger partial charge in [0.15, 0.2) is 5.88 Å². The molecule has 0 amide bonds. The Morgan fingerprint density at radius 1 is 1.00 bits per heavy atom. The van der Waals surface area contributed by atoms with Gasteiger partial charge in [-0.1, -0.05) is 48.5 Å². The Bertz CT molecular complexity index is 1310. The first-order valence-electron chi connectivity index (χ1n) is 11.4. The minimum absolute atomic E-state index is 0.00113. The lowest BCUT2D eigenvalue weighted by atomic mass is 10.00. The average molecular weight is 456 g/mol. The average Bonchev–Trinajstić information content (AvgIpc) is 3.17. The second-order valence-corrected chi connectivity index (χ2v) is 8.38. The van der Waals surface area contributed by atoms with Gasteiger partial charge in [-0.15, -0.1) is 0 Å². The number of rotatable bonds is 8. The smallest absolute Gasteiger partial charge is 0.338 e. The van der Waals surface area contributed by atoms with Crippen molar-refractivity contribution in [2.24, 2.45) is 4.99 Å². The van der Waals surface area contributed by atoms with Crippen LogP contribution in [0.4, 0.5) is 5.69 Å². The summed E-state index contributed by atoms with van der Waals surface area (Å²) in [6.07, 6.45) is 0.967. The first kappa shape index (κ1) is 23.3. The number of ether oxygens (including phenoxy) is 1. The number of hydrogen-bond donors (Lipinski definition) is 2. The summed E-state index contributed by atoms with van der Waals surface area (Å²) < 4.78 is 5.11. The fourth-order valence-corrected chi connectivity index (χ4v) is 3.84. The van der Waals surface area contributed by atoms with Crippen molar-refractivity contribution in [3.63, 3.8) is 0 Å². The summed E-state index contributed by atoms with van der Waals surface area (Å²) in [6, 6.07) is 23.2. The minimum Gasteiger partial charge on any atom is -0.494 e. The van der Waals surface area contributed by atoms with Crippen molar-refractivity contribution in [1.82, 2.24) is 9.88 Å². The van der Waals surface area contributed by atoms with E-state index in [0.29, 0.717) is 29.0 Å². The van der Waals surface area contributed by atoms with E-state index in [1.807, 2.05) is 48.5 Å². The van der Waals surface area contributed by atoms with E-state index < -0.39 is 5.97 Å². The van der Waals surface area contributed by atoms with Crippen LogP contribution in [0.5, 0.6) is 5.88 Å². The molecule has 0 aliphatic carbocycles. The largest absolute Gasteiger partial charge is 0.494 e. The van der Waals surface area contributed by atoms with Gasteiger partial charge in [0.05, 0.1) is 29.1 Å². The quantitative estimate of drug-likeness (QED) is 0.278. The molecule has 0 aliphatic heterocycles. The monoisotopic (exact) mass is 455 g/mol. The van der Waals surface area contributed by atoms with Gasteiger partial charge in [-0.05, 0) is 57.3 Å². The van der Waals surface area contributed by atoms with E-state index >= 15 is 0 Å². The summed E-state index contributed by atoms with van der Waals surface area (Å²) in [4.78, 5) is 22.3. The first-order valence-corrected chi connectivity index (χ1v) is 11.4. The number of carbonyl (C=O) groups is 1. The molecule has 0 atom stereocenters. The Morgan fingerprint density at radius 2 is 1.74 bits per heavy atom. The Morgan fingerprint density at radius 3 is 2.41 bits per heavy atom. The molecule has 6 heteroatoms. The number of aromatic hydroxyl groups is 1. The molecule has 0 fully saturated rings. The molecule has 0 saturated carbocycles. The lowest BCUT2D eigenvalue weighted by molar-refractivity contribution is 0.0526. The van der Waals surface area contributed by atoms with Gasteiger partial charge < -0.3 is 19.7 Å². The zero-order chi connectivity index (χ0) is 24.1. The molecule has 3 aromatic carbocycles. The number of carbonyl (C=O) groups excluding carboxylic acids is 1. The summed E-state index contributed by atoms with van der Waals surface area (Å²) >= 11 is 0. The number of aliphatic imine (C=N–C) groups is 1. The van der Waals surface area contributed by atoms with Crippen molar-refractivity contribution in [3.05, 3.63) is 95.1 Å². The fraction of sp³-hybridized carbons (Fsp3) is 0.214. The highest BCUT2D eigenvalue weighted by Crippen LogP contribution is 2.32. The van der Waals surface area contributed by atoms with Gasteiger partial charge in [0.2, 0.25) is 0 Å². The summed E-state index contributed by atoms with van der Waals surface area (Å²) in [5, 5.41) is 11.7. The Kier molecular flexibility index (Phi) is 7.09. The van der Waals surface area contributed by atoms with Crippen LogP contribution in [0.15, 0.2) is 77.8 Å². The second kappa shape index (κ2) is 10.4. The normalized spacial score (nSPS) is 11.8. The zero-order valence-corrected chi connectivity index (χ0v) is 19.7. The summed E-state index contributed by atoms with van der Waals surface area (Å²) in [5.41, 5.74) is 5.22. The molecule has 4 aromatic rings. The minimum atomic E-state index is -0.397. The molecule has 4 rings (SSSR count). The van der Waals surface area contributed by atoms with Crippen LogP contribution in [0.25, 0.3) is 10.9 Å². The Labute approximate surface area is 199 Å². The van der Waals surface area contributed by atoms with E-state index in [1.165, 1.54) is 5.56 Å². The third-order valence-electron chi connectivity index (χ3n) is 5.60. The van der Waals surface area contributed by atoms with Crippen molar-refractivity contribution >= 4 is 28.3 Å². The number of nitrogens with one attached hydrogen (secondary N) is 1. The van der Waals surface area contributed by atoms with Gasteiger partial charge in [0.1, 0.15) is 0 Å². The van der Waals surface area contributed by atoms with Crippen LogP contribution < -0.4 is 0 Å². The highest BCUT2D eigenvalue weighted by atomic mass is 16.5. The van der Waals surface area contributed by atoms with Gasteiger partial charge in [0.25, 0.3) is 0 Å². The molecule has 0 spiro atoms. The van der Waals surface area contributed by atoms with Crippen LogP contribution in [0.2, 0.25) is 0 Å². The summed E-state index contributed by atoms with van der Waals surface area (Å²) in [5.74, 6) is -0.396. The van der Waals surface area contributed by atoms with E-state index in [2.05, 4.69) is 36.1 Å². The number of fused-ring (bicyclic) bond motifs is 1. The molecule has 1 heterocycles. The van der Waals surface area contributed by atoms with Crippen LogP contribution in [0.1, 0.15) is 34.0 Å². The molecular formula is C28H29N3O3. The molecule has 2 N–H and O–H groups in total. The zero-order valence-electron chi connectivity index (χ0n) is 19.7. The lowest BCUT2D eigenvalue weighted by Crippen LogP contribution is -2.14. The lowest BCUT2D eigenvalue weighted by Gasteiger charge is -2.10. The van der Waals surface area contributed by atoms with Gasteiger partial charge in [-0.3, -0.25) is 0 Å². The van der Waals surface area contributed by atoms with Crippen molar-refractivity contribution in [2.75, 3.05) is 27.2 Å². The molecular weight excluding hydrogens is 426 g/mol. The Balaban J connectivity index is 1.78. The van der Waals surface area contributed by atoms with E-state index in [-0.39, 0.29) is 5.88 Å². The molecule has 6 nitrogen and oxygen atoms in total. The van der Waals surface area contributed by atoms with Crippen LogP contribution in [0.3, 0.4) is 0 Å². The van der Waals surface area contributed by atoms with Crippen molar-refractivity contribution in [1.29, 1.82) is 0 Å². The van der Waals surface area contributed by atoms with Gasteiger partial charge >= 0.3 is 5.97 Å². The third-order valence-corrected chi connectivity index (χ3v) is 5.60. The molecule has 34 heavy (non-hydrogen) atoms. The third kappa shape index (κ3) is 5.18. The predicted octanol–water partition coefficient (Wildman–Crippen LogP) is 5.32. The van der Waals surface area contributed by atoms with Gasteiger partial charge in [-0.2, -0.15) is 0 Å². The van der Waals surface area contributed by atoms with Crippen molar-refractivity contribution < 1.29 is 14.6 Å². The maximum atomic E-state index is 12.2. The van der Waals surface area contributed by atoms with Crippen LogP contribution in [-0.4, -0.2) is 53.9 Å². The summed E-state index contributed by atoms with van der Waals surface area (Å²) in [7, 11) is 4.13. The molecule has 0 unspecified atom stereocenters. The number of likely N-dealkylation sites (N-methyl/N-ethyl adjacent to an activating group) is 1. The summed E-state index contributed by atoms with van der Waals surface area (Å²) in [6.45, 7) is 3.05. The SMILES string of the molecule is CCOC(=O)c1ccc2c(C(=Nc3ccc(CCN(C)C)cc3)c3ccccc3)c(O)[nH]c2c1.